The standard InChI is InChI=1S/C14H25N3O3S/c1-5-17(10-6-9-16(2)3)21(18,19)14-8-7-12(15)11-13(14)20-4/h7-8,11H,5-6,9-10,15H2,1-4H3. The maximum Gasteiger partial charge on any atom is 0.246 e. The highest BCUT2D eigenvalue weighted by atomic mass is 32.2. The van der Waals surface area contributed by atoms with Crippen molar-refractivity contribution in [3.05, 3.63) is 18.2 Å². The molecular weight excluding hydrogens is 290 g/mol. The van der Waals surface area contributed by atoms with E-state index in [0.29, 0.717) is 18.8 Å². The van der Waals surface area contributed by atoms with Gasteiger partial charge in [-0.3, -0.25) is 0 Å². The molecule has 0 spiro atoms. The molecule has 0 saturated carbocycles. The number of hydrogen-bond donors (Lipinski definition) is 1. The summed E-state index contributed by atoms with van der Waals surface area (Å²) in [6.07, 6.45) is 0.775. The van der Waals surface area contributed by atoms with Gasteiger partial charge in [0, 0.05) is 24.8 Å². The third-order valence-corrected chi connectivity index (χ3v) is 5.18. The number of anilines is 1. The minimum Gasteiger partial charge on any atom is -0.495 e. The van der Waals surface area contributed by atoms with Crippen LogP contribution in [0.2, 0.25) is 0 Å². The van der Waals surface area contributed by atoms with Gasteiger partial charge in [0.2, 0.25) is 10.0 Å². The second-order valence-electron chi connectivity index (χ2n) is 5.06. The van der Waals surface area contributed by atoms with E-state index in [1.165, 1.54) is 23.5 Å². The molecule has 6 nitrogen and oxygen atoms in total. The molecule has 21 heavy (non-hydrogen) atoms. The Hall–Kier alpha value is -1.31. The second kappa shape index (κ2) is 7.63. The van der Waals surface area contributed by atoms with Crippen molar-refractivity contribution in [2.45, 2.75) is 18.2 Å². The molecule has 120 valence electrons. The first-order valence-corrected chi connectivity index (χ1v) is 8.35. The summed E-state index contributed by atoms with van der Waals surface area (Å²) in [4.78, 5) is 2.19. The molecule has 0 atom stereocenters. The van der Waals surface area contributed by atoms with E-state index in [2.05, 4.69) is 0 Å². The molecule has 1 aromatic carbocycles. The topological polar surface area (TPSA) is 75.9 Å². The van der Waals surface area contributed by atoms with Gasteiger partial charge in [-0.15, -0.1) is 0 Å². The largest absolute Gasteiger partial charge is 0.495 e. The number of nitrogen functional groups attached to an aromatic ring is 1. The highest BCUT2D eigenvalue weighted by molar-refractivity contribution is 7.89. The predicted molar refractivity (Wildman–Crippen MR) is 85.0 cm³/mol. The van der Waals surface area contributed by atoms with Gasteiger partial charge in [0.1, 0.15) is 10.6 Å². The van der Waals surface area contributed by atoms with Crippen molar-refractivity contribution in [3.63, 3.8) is 0 Å². The van der Waals surface area contributed by atoms with Crippen LogP contribution in [0.3, 0.4) is 0 Å². The molecule has 0 amide bonds. The van der Waals surface area contributed by atoms with Gasteiger partial charge in [-0.05, 0) is 39.2 Å². The summed E-state index contributed by atoms with van der Waals surface area (Å²) in [6.45, 7) is 3.57. The molecule has 0 bridgehead atoms. The number of methoxy groups -OCH3 is 1. The van der Waals surface area contributed by atoms with Gasteiger partial charge in [0.05, 0.1) is 7.11 Å². The maximum absolute atomic E-state index is 12.7. The second-order valence-corrected chi connectivity index (χ2v) is 6.97. The number of rotatable bonds is 8. The molecule has 1 rings (SSSR count). The lowest BCUT2D eigenvalue weighted by atomic mass is 10.3. The Bertz CT molecular complexity index is 559. The molecule has 2 N–H and O–H groups in total. The van der Waals surface area contributed by atoms with Crippen molar-refractivity contribution in [2.24, 2.45) is 0 Å². The molecule has 0 aliphatic carbocycles. The molecule has 0 fully saturated rings. The average Bonchev–Trinajstić information content (AvgIpc) is 2.42. The Labute approximate surface area is 127 Å². The zero-order chi connectivity index (χ0) is 16.0. The fourth-order valence-electron chi connectivity index (χ4n) is 2.05. The molecule has 0 aliphatic heterocycles. The minimum absolute atomic E-state index is 0.158. The van der Waals surface area contributed by atoms with Gasteiger partial charge in [0.15, 0.2) is 0 Å². The van der Waals surface area contributed by atoms with Crippen molar-refractivity contribution in [1.82, 2.24) is 9.21 Å². The summed E-state index contributed by atoms with van der Waals surface area (Å²) in [7, 11) is 1.80. The van der Waals surface area contributed by atoms with Crippen LogP contribution in [0.15, 0.2) is 23.1 Å². The van der Waals surface area contributed by atoms with E-state index in [9.17, 15) is 8.42 Å². The third kappa shape index (κ3) is 4.59. The van der Waals surface area contributed by atoms with Crippen molar-refractivity contribution < 1.29 is 13.2 Å². The molecule has 0 radical (unpaired) electrons. The van der Waals surface area contributed by atoms with E-state index in [1.54, 1.807) is 6.07 Å². The normalized spacial score (nSPS) is 12.1. The lowest BCUT2D eigenvalue weighted by molar-refractivity contribution is 0.353. The number of hydrogen-bond acceptors (Lipinski definition) is 5. The maximum atomic E-state index is 12.7. The van der Waals surface area contributed by atoms with Crippen LogP contribution in [-0.4, -0.2) is 58.5 Å². The van der Waals surface area contributed by atoms with Crippen LogP contribution in [0, 0.1) is 0 Å². The lowest BCUT2D eigenvalue weighted by Crippen LogP contribution is -2.33. The van der Waals surface area contributed by atoms with Crippen LogP contribution < -0.4 is 10.5 Å². The van der Waals surface area contributed by atoms with E-state index in [1.807, 2.05) is 25.9 Å². The van der Waals surface area contributed by atoms with Crippen LogP contribution in [0.5, 0.6) is 5.75 Å². The number of sulfonamides is 1. The Morgan fingerprint density at radius 3 is 2.43 bits per heavy atom. The smallest absolute Gasteiger partial charge is 0.246 e. The minimum atomic E-state index is -3.57. The van der Waals surface area contributed by atoms with Gasteiger partial charge < -0.3 is 15.4 Å². The molecule has 0 aliphatic rings. The molecular formula is C14H25N3O3S. The Morgan fingerprint density at radius 1 is 1.24 bits per heavy atom. The van der Waals surface area contributed by atoms with Gasteiger partial charge in [0.25, 0.3) is 0 Å². The predicted octanol–water partition coefficient (Wildman–Crippen LogP) is 1.24. The average molecular weight is 315 g/mol. The van der Waals surface area contributed by atoms with E-state index in [0.717, 1.165) is 13.0 Å². The highest BCUT2D eigenvalue weighted by Gasteiger charge is 2.26. The zero-order valence-electron chi connectivity index (χ0n) is 13.2. The first-order chi connectivity index (χ1) is 9.82. The number of nitrogens with zero attached hydrogens (tertiary/aromatic N) is 2. The van der Waals surface area contributed by atoms with Crippen LogP contribution in [0.4, 0.5) is 5.69 Å². The molecule has 1 aromatic rings. The monoisotopic (exact) mass is 315 g/mol. The fraction of sp³-hybridized carbons (Fsp3) is 0.571. The molecule has 0 saturated heterocycles. The Balaban J connectivity index is 3.01. The van der Waals surface area contributed by atoms with Gasteiger partial charge >= 0.3 is 0 Å². The zero-order valence-corrected chi connectivity index (χ0v) is 14.0. The quantitative estimate of drug-likeness (QED) is 0.731. The number of nitrogens with two attached hydrogens (primary N) is 1. The van der Waals surface area contributed by atoms with E-state index < -0.39 is 10.0 Å². The van der Waals surface area contributed by atoms with Crippen LogP contribution >= 0.6 is 0 Å². The summed E-state index contributed by atoms with van der Waals surface area (Å²) < 4.78 is 32.1. The lowest BCUT2D eigenvalue weighted by Gasteiger charge is -2.22. The van der Waals surface area contributed by atoms with E-state index >= 15 is 0 Å². The molecule has 7 heteroatoms. The summed E-state index contributed by atoms with van der Waals surface area (Å²) in [5, 5.41) is 0. The summed E-state index contributed by atoms with van der Waals surface area (Å²) in [5.74, 6) is 0.279. The first kappa shape index (κ1) is 17.7. The first-order valence-electron chi connectivity index (χ1n) is 6.91. The SMILES string of the molecule is CCN(CCCN(C)C)S(=O)(=O)c1ccc(N)cc1OC. The molecule has 0 aromatic heterocycles. The molecule has 0 unspecified atom stereocenters. The number of benzene rings is 1. The highest BCUT2D eigenvalue weighted by Crippen LogP contribution is 2.28. The summed E-state index contributed by atoms with van der Waals surface area (Å²) in [5.41, 5.74) is 6.15. The van der Waals surface area contributed by atoms with Gasteiger partial charge in [-0.2, -0.15) is 4.31 Å². The van der Waals surface area contributed by atoms with Crippen molar-refractivity contribution >= 4 is 15.7 Å². The third-order valence-electron chi connectivity index (χ3n) is 3.17. The van der Waals surface area contributed by atoms with Crippen LogP contribution in [0.25, 0.3) is 0 Å². The Morgan fingerprint density at radius 2 is 1.90 bits per heavy atom. The number of ether oxygens (including phenoxy) is 1. The molecule has 0 heterocycles. The summed E-state index contributed by atoms with van der Waals surface area (Å²) >= 11 is 0. The van der Waals surface area contributed by atoms with Crippen molar-refractivity contribution in [2.75, 3.05) is 46.6 Å². The van der Waals surface area contributed by atoms with Crippen LogP contribution in [0.1, 0.15) is 13.3 Å². The van der Waals surface area contributed by atoms with Crippen LogP contribution in [-0.2, 0) is 10.0 Å². The fourth-order valence-corrected chi connectivity index (χ4v) is 3.67. The van der Waals surface area contributed by atoms with Crippen molar-refractivity contribution in [3.8, 4) is 5.75 Å². The summed E-state index contributed by atoms with van der Waals surface area (Å²) in [6, 6.07) is 4.60. The van der Waals surface area contributed by atoms with Gasteiger partial charge in [-0.25, -0.2) is 8.42 Å². The van der Waals surface area contributed by atoms with E-state index in [4.69, 9.17) is 10.5 Å². The van der Waals surface area contributed by atoms with Gasteiger partial charge in [-0.1, -0.05) is 6.92 Å². The van der Waals surface area contributed by atoms with E-state index in [-0.39, 0.29) is 10.6 Å². The van der Waals surface area contributed by atoms with Crippen molar-refractivity contribution in [1.29, 1.82) is 0 Å². The Kier molecular flexibility index (Phi) is 6.44.